The van der Waals surface area contributed by atoms with Crippen molar-refractivity contribution in [1.82, 2.24) is 5.32 Å². The van der Waals surface area contributed by atoms with E-state index in [0.717, 1.165) is 29.0 Å². The predicted octanol–water partition coefficient (Wildman–Crippen LogP) is 2.90. The van der Waals surface area contributed by atoms with Crippen LogP contribution < -0.4 is 9.62 Å². The molecular weight excluding hydrogens is 348 g/mol. The fraction of sp³-hybridized carbons (Fsp3) is 0.350. The average Bonchev–Trinajstić information content (AvgIpc) is 2.59. The number of aryl methyl sites for hydroxylation is 2. The summed E-state index contributed by atoms with van der Waals surface area (Å²) in [6, 6.07) is 17.2. The lowest BCUT2D eigenvalue weighted by atomic mass is 10.1. The molecule has 0 spiro atoms. The lowest BCUT2D eigenvalue weighted by Gasteiger charge is -2.24. The lowest BCUT2D eigenvalue weighted by Crippen LogP contribution is -2.43. The molecular formula is C20H26N2O3S. The van der Waals surface area contributed by atoms with Crippen LogP contribution in [0.2, 0.25) is 0 Å². The molecule has 0 saturated carbocycles. The fourth-order valence-corrected chi connectivity index (χ4v) is 3.69. The number of nitrogens with one attached hydrogen (secondary N) is 1. The van der Waals surface area contributed by atoms with Crippen molar-refractivity contribution in [3.63, 3.8) is 0 Å². The van der Waals surface area contributed by atoms with E-state index in [1.807, 2.05) is 44.2 Å². The van der Waals surface area contributed by atoms with Gasteiger partial charge in [-0.25, -0.2) is 8.42 Å². The van der Waals surface area contributed by atoms with E-state index in [4.69, 9.17) is 0 Å². The summed E-state index contributed by atoms with van der Waals surface area (Å²) in [5.41, 5.74) is 2.55. The first kappa shape index (κ1) is 20.0. The van der Waals surface area contributed by atoms with Gasteiger partial charge in [-0.05, 0) is 43.9 Å². The minimum Gasteiger partial charge on any atom is -0.352 e. The standard InChI is InChI=1S/C20H26N2O3S/c1-16-9-7-8-12-19(16)22(26(3,24)25)15-20(23)21-17(2)13-14-18-10-5-4-6-11-18/h4-12,17H,13-15H2,1-3H3,(H,21,23). The number of benzene rings is 2. The Morgan fingerprint density at radius 1 is 1.08 bits per heavy atom. The zero-order valence-corrected chi connectivity index (χ0v) is 16.3. The Labute approximate surface area is 156 Å². The number of anilines is 1. The monoisotopic (exact) mass is 374 g/mol. The van der Waals surface area contributed by atoms with E-state index in [2.05, 4.69) is 17.4 Å². The Morgan fingerprint density at radius 3 is 2.31 bits per heavy atom. The van der Waals surface area contributed by atoms with Crippen LogP contribution >= 0.6 is 0 Å². The molecule has 0 aliphatic heterocycles. The molecule has 26 heavy (non-hydrogen) atoms. The molecule has 140 valence electrons. The maximum absolute atomic E-state index is 12.4. The SMILES string of the molecule is Cc1ccccc1N(CC(=O)NC(C)CCc1ccccc1)S(C)(=O)=O. The van der Waals surface area contributed by atoms with Crippen LogP contribution in [-0.4, -0.2) is 33.2 Å². The van der Waals surface area contributed by atoms with Gasteiger partial charge in [0.25, 0.3) is 0 Å². The molecule has 0 radical (unpaired) electrons. The van der Waals surface area contributed by atoms with Gasteiger partial charge < -0.3 is 5.32 Å². The first-order valence-electron chi connectivity index (χ1n) is 8.64. The van der Waals surface area contributed by atoms with Gasteiger partial charge in [0.15, 0.2) is 0 Å². The van der Waals surface area contributed by atoms with E-state index in [0.29, 0.717) is 5.69 Å². The number of nitrogens with zero attached hydrogens (tertiary/aromatic N) is 1. The predicted molar refractivity (Wildman–Crippen MR) is 106 cm³/mol. The van der Waals surface area contributed by atoms with E-state index in [1.54, 1.807) is 12.1 Å². The summed E-state index contributed by atoms with van der Waals surface area (Å²) in [7, 11) is -3.55. The highest BCUT2D eigenvalue weighted by atomic mass is 32.2. The Bertz CT molecular complexity index is 835. The quantitative estimate of drug-likeness (QED) is 0.773. The summed E-state index contributed by atoms with van der Waals surface area (Å²) < 4.78 is 25.5. The van der Waals surface area contributed by atoms with E-state index in [1.165, 1.54) is 5.56 Å². The van der Waals surface area contributed by atoms with Crippen LogP contribution in [0.5, 0.6) is 0 Å². The van der Waals surface area contributed by atoms with Crippen molar-refractivity contribution in [2.24, 2.45) is 0 Å². The highest BCUT2D eigenvalue weighted by Gasteiger charge is 2.22. The van der Waals surface area contributed by atoms with Gasteiger partial charge in [0, 0.05) is 6.04 Å². The van der Waals surface area contributed by atoms with Crippen LogP contribution in [0.4, 0.5) is 5.69 Å². The van der Waals surface area contributed by atoms with Gasteiger partial charge in [-0.3, -0.25) is 9.10 Å². The normalized spacial score (nSPS) is 12.4. The molecule has 1 amide bonds. The molecule has 0 bridgehead atoms. The maximum Gasteiger partial charge on any atom is 0.240 e. The van der Waals surface area contributed by atoms with Crippen molar-refractivity contribution in [2.45, 2.75) is 32.7 Å². The van der Waals surface area contributed by atoms with E-state index in [-0.39, 0.29) is 18.5 Å². The van der Waals surface area contributed by atoms with Crippen molar-refractivity contribution in [3.05, 3.63) is 65.7 Å². The van der Waals surface area contributed by atoms with E-state index < -0.39 is 10.0 Å². The molecule has 0 heterocycles. The number of hydrogen-bond acceptors (Lipinski definition) is 3. The molecule has 5 nitrogen and oxygen atoms in total. The summed E-state index contributed by atoms with van der Waals surface area (Å²) in [5, 5.41) is 2.90. The number of rotatable bonds is 8. The van der Waals surface area contributed by atoms with Crippen LogP contribution in [0, 0.1) is 6.92 Å². The van der Waals surface area contributed by atoms with Crippen LogP contribution in [0.3, 0.4) is 0 Å². The highest BCUT2D eigenvalue weighted by Crippen LogP contribution is 2.21. The molecule has 2 rings (SSSR count). The van der Waals surface area contributed by atoms with Gasteiger partial charge in [-0.1, -0.05) is 48.5 Å². The van der Waals surface area contributed by atoms with Crippen molar-refractivity contribution in [1.29, 1.82) is 0 Å². The number of para-hydroxylation sites is 1. The van der Waals surface area contributed by atoms with Crippen LogP contribution in [0.15, 0.2) is 54.6 Å². The largest absolute Gasteiger partial charge is 0.352 e. The van der Waals surface area contributed by atoms with Crippen molar-refractivity contribution in [3.8, 4) is 0 Å². The number of sulfonamides is 1. The molecule has 0 aliphatic carbocycles. The van der Waals surface area contributed by atoms with Crippen LogP contribution in [0.25, 0.3) is 0 Å². The number of carbonyl (C=O) groups is 1. The van der Waals surface area contributed by atoms with Crippen molar-refractivity contribution < 1.29 is 13.2 Å². The molecule has 0 aliphatic rings. The average molecular weight is 375 g/mol. The number of amides is 1. The number of carbonyl (C=O) groups excluding carboxylic acids is 1. The van der Waals surface area contributed by atoms with Gasteiger partial charge in [0.05, 0.1) is 11.9 Å². The second-order valence-electron chi connectivity index (χ2n) is 6.55. The number of hydrogen-bond donors (Lipinski definition) is 1. The lowest BCUT2D eigenvalue weighted by molar-refractivity contribution is -0.120. The molecule has 1 atom stereocenters. The first-order chi connectivity index (χ1) is 12.3. The first-order valence-corrected chi connectivity index (χ1v) is 10.5. The van der Waals surface area contributed by atoms with Crippen LogP contribution in [-0.2, 0) is 21.2 Å². The molecule has 2 aromatic rings. The van der Waals surface area contributed by atoms with Crippen molar-refractivity contribution >= 4 is 21.6 Å². The molecule has 6 heteroatoms. The maximum atomic E-state index is 12.4. The minimum atomic E-state index is -3.55. The third kappa shape index (κ3) is 5.88. The Kier molecular flexibility index (Phi) is 6.80. The minimum absolute atomic E-state index is 0.0408. The fourth-order valence-electron chi connectivity index (χ4n) is 2.78. The van der Waals surface area contributed by atoms with Gasteiger partial charge >= 0.3 is 0 Å². The highest BCUT2D eigenvalue weighted by molar-refractivity contribution is 7.92. The summed E-state index contributed by atoms with van der Waals surface area (Å²) in [4.78, 5) is 12.4. The third-order valence-corrected chi connectivity index (χ3v) is 5.31. The smallest absolute Gasteiger partial charge is 0.240 e. The summed E-state index contributed by atoms with van der Waals surface area (Å²) in [6.45, 7) is 3.53. The molecule has 2 aromatic carbocycles. The zero-order chi connectivity index (χ0) is 19.2. The van der Waals surface area contributed by atoms with Gasteiger partial charge in [-0.2, -0.15) is 0 Å². The summed E-state index contributed by atoms with van der Waals surface area (Å²) >= 11 is 0. The van der Waals surface area contributed by atoms with Gasteiger partial charge in [0.2, 0.25) is 15.9 Å². The second-order valence-corrected chi connectivity index (χ2v) is 8.46. The zero-order valence-electron chi connectivity index (χ0n) is 15.5. The molecule has 1 N–H and O–H groups in total. The topological polar surface area (TPSA) is 66.5 Å². The Morgan fingerprint density at radius 2 is 1.69 bits per heavy atom. The second kappa shape index (κ2) is 8.85. The van der Waals surface area contributed by atoms with Gasteiger partial charge in [0.1, 0.15) is 6.54 Å². The molecule has 0 saturated heterocycles. The Balaban J connectivity index is 1.98. The summed E-state index contributed by atoms with van der Waals surface area (Å²) in [6.07, 6.45) is 2.76. The molecule has 1 unspecified atom stereocenters. The van der Waals surface area contributed by atoms with E-state index >= 15 is 0 Å². The third-order valence-electron chi connectivity index (χ3n) is 4.19. The molecule has 0 fully saturated rings. The van der Waals surface area contributed by atoms with Crippen LogP contribution in [0.1, 0.15) is 24.5 Å². The van der Waals surface area contributed by atoms with E-state index in [9.17, 15) is 13.2 Å². The van der Waals surface area contributed by atoms with Crippen molar-refractivity contribution in [2.75, 3.05) is 17.1 Å². The summed E-state index contributed by atoms with van der Waals surface area (Å²) in [5.74, 6) is -0.306. The van der Waals surface area contributed by atoms with Gasteiger partial charge in [-0.15, -0.1) is 0 Å². The molecule has 0 aromatic heterocycles. The Hall–Kier alpha value is -2.34.